The van der Waals surface area contributed by atoms with Crippen molar-refractivity contribution in [1.29, 1.82) is 0 Å². The van der Waals surface area contributed by atoms with Crippen LogP contribution in [0.4, 0.5) is 0 Å². The van der Waals surface area contributed by atoms with Gasteiger partial charge in [-0.1, -0.05) is 19.9 Å². The van der Waals surface area contributed by atoms with Crippen molar-refractivity contribution in [2.45, 2.75) is 39.5 Å². The summed E-state index contributed by atoms with van der Waals surface area (Å²) in [7, 11) is 1.38. The van der Waals surface area contributed by atoms with Crippen LogP contribution in [0.25, 0.3) is 5.52 Å². The van der Waals surface area contributed by atoms with Crippen LogP contribution in [0.5, 0.6) is 0 Å². The second-order valence-electron chi connectivity index (χ2n) is 4.53. The minimum absolute atomic E-state index is 0.376. The van der Waals surface area contributed by atoms with Gasteiger partial charge < -0.3 is 4.74 Å². The Kier molecular flexibility index (Phi) is 3.88. The summed E-state index contributed by atoms with van der Waals surface area (Å²) in [6.07, 6.45) is 4.54. The Bertz CT molecular complexity index is 597. The molecule has 1 saturated carbocycles. The molecule has 1 aliphatic rings. The van der Waals surface area contributed by atoms with Crippen LogP contribution in [-0.4, -0.2) is 22.7 Å². The second-order valence-corrected chi connectivity index (χ2v) is 4.53. The first kappa shape index (κ1) is 13.6. The van der Waals surface area contributed by atoms with Crippen LogP contribution in [0.2, 0.25) is 0 Å². The number of hydrogen-bond donors (Lipinski definition) is 0. The number of hydrogen-bond acceptors (Lipinski definition) is 3. The lowest BCUT2D eigenvalue weighted by Gasteiger charge is -1.99. The smallest absolute Gasteiger partial charge is 0.358 e. The highest BCUT2D eigenvalue weighted by molar-refractivity contribution is 5.91. The molecule has 0 aliphatic heterocycles. The van der Waals surface area contributed by atoms with Gasteiger partial charge >= 0.3 is 5.97 Å². The predicted octanol–water partition coefficient (Wildman–Crippen LogP) is 3.33. The summed E-state index contributed by atoms with van der Waals surface area (Å²) >= 11 is 0. The number of methoxy groups -OCH3 is 1. The number of ether oxygens (including phenoxy) is 1. The summed E-state index contributed by atoms with van der Waals surface area (Å²) in [6.45, 7) is 5.89. The van der Waals surface area contributed by atoms with Crippen molar-refractivity contribution in [2.24, 2.45) is 0 Å². The van der Waals surface area contributed by atoms with Crippen molar-refractivity contribution in [3.8, 4) is 0 Å². The number of aromatic nitrogens is 2. The van der Waals surface area contributed by atoms with Gasteiger partial charge in [0.15, 0.2) is 5.69 Å². The van der Waals surface area contributed by atoms with E-state index in [4.69, 9.17) is 4.74 Å². The maximum atomic E-state index is 11.5. The van der Waals surface area contributed by atoms with Gasteiger partial charge in [-0.05, 0) is 37.3 Å². The van der Waals surface area contributed by atoms with Crippen LogP contribution >= 0.6 is 0 Å². The van der Waals surface area contributed by atoms with E-state index in [-0.39, 0.29) is 5.97 Å². The van der Waals surface area contributed by atoms with E-state index in [2.05, 4.69) is 11.2 Å². The Morgan fingerprint density at radius 3 is 2.63 bits per heavy atom. The standard InChI is InChI=1S/C13H14N2O2.C2H6/c1-8-11-6-5-10(9-3-4-9)7-15(11)14-12(8)13(16)17-2;1-2/h5-7,9H,3-4H2,1-2H3;1-2H3. The average Bonchev–Trinajstić information content (AvgIpc) is 3.25. The second kappa shape index (κ2) is 5.43. The zero-order valence-corrected chi connectivity index (χ0v) is 11.9. The Hall–Kier alpha value is -1.84. The maximum absolute atomic E-state index is 11.5. The summed E-state index contributed by atoms with van der Waals surface area (Å²) in [4.78, 5) is 11.5. The molecule has 0 spiro atoms. The lowest BCUT2D eigenvalue weighted by molar-refractivity contribution is 0.0593. The Balaban J connectivity index is 0.000000637. The molecule has 4 heteroatoms. The van der Waals surface area contributed by atoms with Gasteiger partial charge in [0.2, 0.25) is 0 Å². The number of aryl methyl sites for hydroxylation is 1. The summed E-state index contributed by atoms with van der Waals surface area (Å²) in [5.41, 5.74) is 3.55. The molecule has 19 heavy (non-hydrogen) atoms. The van der Waals surface area contributed by atoms with Gasteiger partial charge in [0.25, 0.3) is 0 Å². The number of rotatable bonds is 2. The quantitative estimate of drug-likeness (QED) is 0.778. The van der Waals surface area contributed by atoms with Crippen LogP contribution < -0.4 is 0 Å². The Morgan fingerprint density at radius 2 is 2.05 bits per heavy atom. The minimum atomic E-state index is -0.376. The van der Waals surface area contributed by atoms with E-state index in [9.17, 15) is 4.79 Å². The van der Waals surface area contributed by atoms with Gasteiger partial charge in [-0.25, -0.2) is 9.31 Å². The highest BCUT2D eigenvalue weighted by Crippen LogP contribution is 2.40. The topological polar surface area (TPSA) is 43.6 Å². The van der Waals surface area contributed by atoms with Crippen LogP contribution in [0.1, 0.15) is 54.2 Å². The highest BCUT2D eigenvalue weighted by Gasteiger charge is 2.24. The minimum Gasteiger partial charge on any atom is -0.464 e. The fourth-order valence-corrected chi connectivity index (χ4v) is 2.14. The van der Waals surface area contributed by atoms with Crippen LogP contribution in [0.3, 0.4) is 0 Å². The molecule has 0 N–H and O–H groups in total. The van der Waals surface area contributed by atoms with Gasteiger partial charge in [0.1, 0.15) is 0 Å². The largest absolute Gasteiger partial charge is 0.464 e. The van der Waals surface area contributed by atoms with E-state index >= 15 is 0 Å². The molecule has 3 rings (SSSR count). The van der Waals surface area contributed by atoms with E-state index in [0.717, 1.165) is 11.1 Å². The zero-order chi connectivity index (χ0) is 14.0. The third kappa shape index (κ3) is 2.48. The van der Waals surface area contributed by atoms with Gasteiger partial charge in [-0.2, -0.15) is 5.10 Å². The predicted molar refractivity (Wildman–Crippen MR) is 74.6 cm³/mol. The molecule has 2 aromatic rings. The van der Waals surface area contributed by atoms with Crippen LogP contribution in [-0.2, 0) is 4.74 Å². The molecule has 0 amide bonds. The molecule has 4 nitrogen and oxygen atoms in total. The average molecular weight is 260 g/mol. The summed E-state index contributed by atoms with van der Waals surface area (Å²) in [5.74, 6) is 0.310. The highest BCUT2D eigenvalue weighted by atomic mass is 16.5. The van der Waals surface area contributed by atoms with Crippen molar-refractivity contribution in [2.75, 3.05) is 7.11 Å². The molecule has 0 saturated heterocycles. The molecule has 0 radical (unpaired) electrons. The molecular weight excluding hydrogens is 240 g/mol. The lowest BCUT2D eigenvalue weighted by Crippen LogP contribution is -2.03. The van der Waals surface area contributed by atoms with Crippen LogP contribution in [0.15, 0.2) is 18.3 Å². The molecule has 0 unspecified atom stereocenters. The third-order valence-corrected chi connectivity index (χ3v) is 3.33. The van der Waals surface area contributed by atoms with Gasteiger partial charge in [0, 0.05) is 11.8 Å². The lowest BCUT2D eigenvalue weighted by atomic mass is 10.1. The molecule has 1 fully saturated rings. The monoisotopic (exact) mass is 260 g/mol. The number of carbonyl (C=O) groups is 1. The normalized spacial score (nSPS) is 13.9. The fraction of sp³-hybridized carbons (Fsp3) is 0.467. The first-order chi connectivity index (χ1) is 9.20. The van der Waals surface area contributed by atoms with Crippen molar-refractivity contribution in [3.63, 3.8) is 0 Å². The van der Waals surface area contributed by atoms with E-state index in [0.29, 0.717) is 11.6 Å². The number of fused-ring (bicyclic) bond motifs is 1. The molecule has 1 aliphatic carbocycles. The number of carbonyl (C=O) groups excluding carboxylic acids is 1. The van der Waals surface area contributed by atoms with Crippen molar-refractivity contribution in [1.82, 2.24) is 9.61 Å². The number of esters is 1. The summed E-state index contributed by atoms with van der Waals surface area (Å²) in [5, 5.41) is 4.30. The molecule has 0 bridgehead atoms. The molecular formula is C15H20N2O2. The fourth-order valence-electron chi connectivity index (χ4n) is 2.14. The number of nitrogens with zero attached hydrogens (tertiary/aromatic N) is 2. The zero-order valence-electron chi connectivity index (χ0n) is 11.9. The summed E-state index contributed by atoms with van der Waals surface area (Å²) in [6, 6.07) is 4.16. The summed E-state index contributed by atoms with van der Waals surface area (Å²) < 4.78 is 6.51. The van der Waals surface area contributed by atoms with Gasteiger partial charge in [-0.3, -0.25) is 0 Å². The van der Waals surface area contributed by atoms with E-state index in [1.165, 1.54) is 25.5 Å². The molecule has 102 valence electrons. The Morgan fingerprint density at radius 1 is 1.37 bits per heavy atom. The number of pyridine rings is 1. The Labute approximate surface area is 113 Å². The van der Waals surface area contributed by atoms with E-state index in [1.807, 2.05) is 33.0 Å². The van der Waals surface area contributed by atoms with Crippen molar-refractivity contribution >= 4 is 11.5 Å². The molecule has 2 aromatic heterocycles. The first-order valence-corrected chi connectivity index (χ1v) is 6.78. The SMILES string of the molecule is CC.COC(=O)c1nn2cc(C3CC3)ccc2c1C. The van der Waals surface area contributed by atoms with Crippen LogP contribution in [0, 0.1) is 6.92 Å². The van der Waals surface area contributed by atoms with Crippen molar-refractivity contribution in [3.05, 3.63) is 35.2 Å². The van der Waals surface area contributed by atoms with Crippen molar-refractivity contribution < 1.29 is 9.53 Å². The van der Waals surface area contributed by atoms with E-state index in [1.54, 1.807) is 4.52 Å². The van der Waals surface area contributed by atoms with Gasteiger partial charge in [-0.15, -0.1) is 0 Å². The van der Waals surface area contributed by atoms with Gasteiger partial charge in [0.05, 0.1) is 12.6 Å². The first-order valence-electron chi connectivity index (χ1n) is 6.78. The maximum Gasteiger partial charge on any atom is 0.358 e. The molecule has 2 heterocycles. The van der Waals surface area contributed by atoms with E-state index < -0.39 is 0 Å². The molecule has 0 aromatic carbocycles. The molecule has 0 atom stereocenters. The third-order valence-electron chi connectivity index (χ3n) is 3.33.